The fourth-order valence-electron chi connectivity index (χ4n) is 6.18. The highest BCUT2D eigenvalue weighted by Crippen LogP contribution is 2.53. The fraction of sp³-hybridized carbons (Fsp3) is 0.533. The van der Waals surface area contributed by atoms with Crippen LogP contribution in [0.3, 0.4) is 0 Å². The molecule has 31 heavy (non-hydrogen) atoms. The third-order valence-electron chi connectivity index (χ3n) is 7.46. The highest BCUT2D eigenvalue weighted by Gasteiger charge is 2.39. The van der Waals surface area contributed by atoms with Crippen LogP contribution in [0.15, 0.2) is 55.1 Å². The Morgan fingerprint density at radius 1 is 1.03 bits per heavy atom. The summed E-state index contributed by atoms with van der Waals surface area (Å²) in [5.41, 5.74) is 4.55. The molecule has 0 bridgehead atoms. The second-order valence-corrected chi connectivity index (χ2v) is 10.1. The van der Waals surface area contributed by atoms with Crippen molar-refractivity contribution in [2.45, 2.75) is 90.9 Å². The standard InChI is InChI=1S/C30H41F/c1-5-11-25-20-27(26-13-8-7-9-14-26)22-30(21-25,17-6-2)18-10-12-24(4)28-16-15-23(3)19-29(28)31/h7-9,13-16,19,25,27H,4-6,10-12,17-18,20-22H2,1-3H3. The van der Waals surface area contributed by atoms with Gasteiger partial charge >= 0.3 is 0 Å². The fourth-order valence-corrected chi connectivity index (χ4v) is 6.18. The minimum Gasteiger partial charge on any atom is -0.206 e. The summed E-state index contributed by atoms with van der Waals surface area (Å²) in [5, 5.41) is 0. The first kappa shape index (κ1) is 23.8. The van der Waals surface area contributed by atoms with E-state index in [9.17, 15) is 4.39 Å². The Bertz CT molecular complexity index is 837. The monoisotopic (exact) mass is 420 g/mol. The Morgan fingerprint density at radius 2 is 1.81 bits per heavy atom. The van der Waals surface area contributed by atoms with Crippen LogP contribution in [0.25, 0.3) is 5.57 Å². The Labute approximate surface area is 190 Å². The third-order valence-corrected chi connectivity index (χ3v) is 7.46. The summed E-state index contributed by atoms with van der Waals surface area (Å²) in [6, 6.07) is 16.7. The average Bonchev–Trinajstić information content (AvgIpc) is 2.74. The smallest absolute Gasteiger partial charge is 0.130 e. The summed E-state index contributed by atoms with van der Waals surface area (Å²) >= 11 is 0. The van der Waals surface area contributed by atoms with Crippen molar-refractivity contribution in [1.82, 2.24) is 0 Å². The second kappa shape index (κ2) is 11.1. The van der Waals surface area contributed by atoms with Gasteiger partial charge < -0.3 is 0 Å². The van der Waals surface area contributed by atoms with Gasteiger partial charge in [0, 0.05) is 5.56 Å². The molecule has 0 spiro atoms. The van der Waals surface area contributed by atoms with Crippen LogP contribution in [0.4, 0.5) is 4.39 Å². The first-order valence-electron chi connectivity index (χ1n) is 12.5. The molecular formula is C30H41F. The van der Waals surface area contributed by atoms with Gasteiger partial charge in [0.25, 0.3) is 0 Å². The maximum Gasteiger partial charge on any atom is 0.130 e. The summed E-state index contributed by atoms with van der Waals surface area (Å²) in [4.78, 5) is 0. The molecule has 3 unspecified atom stereocenters. The number of rotatable bonds is 10. The van der Waals surface area contributed by atoms with Gasteiger partial charge in [-0.1, -0.05) is 82.2 Å². The van der Waals surface area contributed by atoms with Gasteiger partial charge in [0.05, 0.1) is 0 Å². The topological polar surface area (TPSA) is 0 Å². The lowest BCUT2D eigenvalue weighted by Crippen LogP contribution is -2.33. The van der Waals surface area contributed by atoms with Crippen molar-refractivity contribution in [3.05, 3.63) is 77.6 Å². The van der Waals surface area contributed by atoms with Crippen molar-refractivity contribution < 1.29 is 4.39 Å². The molecule has 0 amide bonds. The molecule has 0 aromatic heterocycles. The Kier molecular flexibility index (Phi) is 8.52. The van der Waals surface area contributed by atoms with Crippen molar-refractivity contribution in [2.75, 3.05) is 0 Å². The number of allylic oxidation sites excluding steroid dienone is 1. The molecule has 1 aliphatic carbocycles. The van der Waals surface area contributed by atoms with Gasteiger partial charge in [-0.3, -0.25) is 0 Å². The van der Waals surface area contributed by atoms with Crippen LogP contribution in [0.2, 0.25) is 0 Å². The molecule has 2 aromatic rings. The lowest BCUT2D eigenvalue weighted by molar-refractivity contribution is 0.0894. The zero-order chi connectivity index (χ0) is 22.3. The van der Waals surface area contributed by atoms with Crippen molar-refractivity contribution in [3.8, 4) is 0 Å². The van der Waals surface area contributed by atoms with Gasteiger partial charge in [-0.25, -0.2) is 4.39 Å². The van der Waals surface area contributed by atoms with Crippen LogP contribution >= 0.6 is 0 Å². The van der Waals surface area contributed by atoms with Crippen LogP contribution in [0.5, 0.6) is 0 Å². The summed E-state index contributed by atoms with van der Waals surface area (Å²) in [5.74, 6) is 1.38. The Morgan fingerprint density at radius 3 is 2.48 bits per heavy atom. The number of aryl methyl sites for hydroxylation is 1. The number of halogens is 1. The first-order valence-corrected chi connectivity index (χ1v) is 12.5. The highest BCUT2D eigenvalue weighted by molar-refractivity contribution is 5.64. The Hall–Kier alpha value is -1.89. The van der Waals surface area contributed by atoms with Crippen LogP contribution in [-0.4, -0.2) is 0 Å². The molecule has 0 radical (unpaired) electrons. The van der Waals surface area contributed by atoms with Crippen molar-refractivity contribution in [2.24, 2.45) is 11.3 Å². The highest BCUT2D eigenvalue weighted by atomic mass is 19.1. The van der Waals surface area contributed by atoms with Crippen LogP contribution in [-0.2, 0) is 0 Å². The molecule has 3 atom stereocenters. The molecule has 0 N–H and O–H groups in total. The van der Waals surface area contributed by atoms with E-state index >= 15 is 0 Å². The molecule has 0 aliphatic heterocycles. The molecule has 168 valence electrons. The maximum absolute atomic E-state index is 14.4. The Balaban J connectivity index is 1.71. The predicted molar refractivity (Wildman–Crippen MR) is 133 cm³/mol. The van der Waals surface area contributed by atoms with Crippen molar-refractivity contribution in [1.29, 1.82) is 0 Å². The lowest BCUT2D eigenvalue weighted by Gasteiger charge is -2.45. The van der Waals surface area contributed by atoms with E-state index in [1.807, 2.05) is 19.1 Å². The quantitative estimate of drug-likeness (QED) is 0.359. The van der Waals surface area contributed by atoms with E-state index in [0.717, 1.165) is 29.9 Å². The van der Waals surface area contributed by atoms with E-state index < -0.39 is 0 Å². The SMILES string of the molecule is C=C(CCCC1(CCC)CC(CCC)CC(c2ccccc2)C1)c1ccc(C)cc1F. The van der Waals surface area contributed by atoms with E-state index in [0.29, 0.717) is 16.9 Å². The maximum atomic E-state index is 14.4. The molecule has 0 heterocycles. The summed E-state index contributed by atoms with van der Waals surface area (Å²) in [7, 11) is 0. The minimum absolute atomic E-state index is 0.127. The largest absolute Gasteiger partial charge is 0.206 e. The van der Waals surface area contributed by atoms with Gasteiger partial charge in [0.1, 0.15) is 5.82 Å². The van der Waals surface area contributed by atoms with E-state index in [2.05, 4.69) is 50.8 Å². The zero-order valence-electron chi connectivity index (χ0n) is 19.9. The van der Waals surface area contributed by atoms with Crippen LogP contribution < -0.4 is 0 Å². The minimum atomic E-state index is -0.127. The summed E-state index contributed by atoms with van der Waals surface area (Å²) < 4.78 is 14.4. The molecule has 2 aromatic carbocycles. The number of hydrogen-bond acceptors (Lipinski definition) is 0. The molecule has 0 saturated heterocycles. The van der Waals surface area contributed by atoms with Gasteiger partial charge in [0.2, 0.25) is 0 Å². The van der Waals surface area contributed by atoms with E-state index in [-0.39, 0.29) is 5.82 Å². The summed E-state index contributed by atoms with van der Waals surface area (Å²) in [6.07, 6.45) is 12.4. The van der Waals surface area contributed by atoms with Crippen LogP contribution in [0.1, 0.15) is 101 Å². The number of benzene rings is 2. The van der Waals surface area contributed by atoms with Gasteiger partial charge in [0.15, 0.2) is 0 Å². The molecule has 1 fully saturated rings. The third kappa shape index (κ3) is 6.31. The van der Waals surface area contributed by atoms with Gasteiger partial charge in [-0.2, -0.15) is 0 Å². The molecular weight excluding hydrogens is 379 g/mol. The lowest BCUT2D eigenvalue weighted by atomic mass is 9.59. The predicted octanol–water partition coefficient (Wildman–Crippen LogP) is 9.49. The molecule has 1 aliphatic rings. The summed E-state index contributed by atoms with van der Waals surface area (Å²) in [6.45, 7) is 10.8. The van der Waals surface area contributed by atoms with Gasteiger partial charge in [-0.05, 0) is 91.9 Å². The van der Waals surface area contributed by atoms with E-state index in [4.69, 9.17) is 0 Å². The van der Waals surface area contributed by atoms with E-state index in [1.54, 1.807) is 6.07 Å². The first-order chi connectivity index (χ1) is 15.0. The zero-order valence-corrected chi connectivity index (χ0v) is 19.9. The normalized spacial score (nSPS) is 23.6. The number of hydrogen-bond donors (Lipinski definition) is 0. The molecule has 1 saturated carbocycles. The van der Waals surface area contributed by atoms with Gasteiger partial charge in [-0.15, -0.1) is 0 Å². The van der Waals surface area contributed by atoms with Crippen molar-refractivity contribution >= 4 is 5.57 Å². The van der Waals surface area contributed by atoms with Crippen LogP contribution in [0, 0.1) is 24.1 Å². The van der Waals surface area contributed by atoms with E-state index in [1.165, 1.54) is 56.9 Å². The molecule has 3 rings (SSSR count). The average molecular weight is 421 g/mol. The molecule has 1 heteroatoms. The van der Waals surface area contributed by atoms with Crippen molar-refractivity contribution in [3.63, 3.8) is 0 Å². The second-order valence-electron chi connectivity index (χ2n) is 10.1. The molecule has 0 nitrogen and oxygen atoms in total.